The number of hydrogen-bond donors (Lipinski definition) is 2. The van der Waals surface area contributed by atoms with Gasteiger partial charge in [0.2, 0.25) is 0 Å². The number of benzene rings is 2. The molecule has 1 atom stereocenters. The van der Waals surface area contributed by atoms with Crippen LogP contribution in [0.25, 0.3) is 22.1 Å². The fourth-order valence-electron chi connectivity index (χ4n) is 4.37. The Morgan fingerprint density at radius 3 is 2.58 bits per heavy atom. The molecule has 0 saturated carbocycles. The van der Waals surface area contributed by atoms with Gasteiger partial charge in [-0.05, 0) is 63.4 Å². The second-order valence-electron chi connectivity index (χ2n) is 10.2. The van der Waals surface area contributed by atoms with Gasteiger partial charge in [-0.3, -0.25) is 14.2 Å². The summed E-state index contributed by atoms with van der Waals surface area (Å²) < 4.78 is 3.10. The molecule has 1 unspecified atom stereocenters. The molecule has 0 fully saturated rings. The van der Waals surface area contributed by atoms with Crippen molar-refractivity contribution in [3.63, 3.8) is 0 Å². The first-order valence-corrected chi connectivity index (χ1v) is 12.3. The van der Waals surface area contributed by atoms with Gasteiger partial charge in [-0.15, -0.1) is 5.10 Å². The van der Waals surface area contributed by atoms with Crippen LogP contribution in [0.2, 0.25) is 0 Å². The molecule has 0 aliphatic carbocycles. The minimum atomic E-state index is -0.554. The summed E-state index contributed by atoms with van der Waals surface area (Å²) in [5.41, 5.74) is 8.16. The third-order valence-electron chi connectivity index (χ3n) is 6.10. The fraction of sp³-hybridized carbons (Fsp3) is 0.200. The van der Waals surface area contributed by atoms with Crippen molar-refractivity contribution in [1.82, 2.24) is 24.5 Å². The van der Waals surface area contributed by atoms with Crippen LogP contribution in [0.1, 0.15) is 55.4 Å². The number of nitrogen functional groups attached to an aromatic ring is 1. The molecule has 0 saturated heterocycles. The lowest BCUT2D eigenvalue weighted by atomic mass is 9.96. The van der Waals surface area contributed by atoms with Gasteiger partial charge in [-0.25, -0.2) is 9.50 Å². The van der Waals surface area contributed by atoms with E-state index in [0.717, 1.165) is 5.39 Å². The third kappa shape index (κ3) is 4.62. The molecule has 0 radical (unpaired) electrons. The molecule has 3 N–H and O–H groups in total. The monoisotopic (exact) mass is 504 g/mol. The van der Waals surface area contributed by atoms with Crippen molar-refractivity contribution >= 4 is 28.1 Å². The van der Waals surface area contributed by atoms with Crippen LogP contribution in [0.3, 0.4) is 0 Å². The number of aromatic nitrogens is 4. The zero-order valence-corrected chi connectivity index (χ0v) is 21.7. The molecule has 8 nitrogen and oxygen atoms in total. The van der Waals surface area contributed by atoms with E-state index in [-0.39, 0.29) is 22.4 Å². The molecule has 8 heteroatoms. The molecule has 190 valence electrons. The highest BCUT2D eigenvalue weighted by Gasteiger charge is 2.24. The van der Waals surface area contributed by atoms with E-state index in [9.17, 15) is 9.59 Å². The summed E-state index contributed by atoms with van der Waals surface area (Å²) in [6.07, 6.45) is 3.25. The molecule has 5 rings (SSSR count). The predicted molar refractivity (Wildman–Crippen MR) is 149 cm³/mol. The molecular formula is C30H28N6O2. The standard InChI is InChI=1S/C30H28N6O2/c1-19(33-28(37)25-26(31)34-35-17-9-16-32-27(25)35)23-18-21-11-8-10-20(14-15-30(2,3)4)24(21)29(38)36(23)22-12-6-5-7-13-22/h5-13,16-19H,1-4H3,(H2,31,34)(H,33,37). The number of fused-ring (bicyclic) bond motifs is 2. The fourth-order valence-corrected chi connectivity index (χ4v) is 4.37. The zero-order chi connectivity index (χ0) is 27.0. The minimum Gasteiger partial charge on any atom is -0.381 e. The number of hydrogen-bond acceptors (Lipinski definition) is 5. The van der Waals surface area contributed by atoms with Crippen molar-refractivity contribution in [2.75, 3.05) is 5.73 Å². The smallest absolute Gasteiger partial charge is 0.264 e. The van der Waals surface area contributed by atoms with Crippen LogP contribution >= 0.6 is 0 Å². The van der Waals surface area contributed by atoms with E-state index in [4.69, 9.17) is 5.73 Å². The van der Waals surface area contributed by atoms with E-state index in [1.54, 1.807) is 23.0 Å². The summed E-state index contributed by atoms with van der Waals surface area (Å²) in [5.74, 6) is 6.09. The van der Waals surface area contributed by atoms with Gasteiger partial charge in [-0.1, -0.05) is 42.2 Å². The summed E-state index contributed by atoms with van der Waals surface area (Å²) >= 11 is 0. The first kappa shape index (κ1) is 24.8. The lowest BCUT2D eigenvalue weighted by Crippen LogP contribution is -2.32. The summed E-state index contributed by atoms with van der Waals surface area (Å²) in [4.78, 5) is 31.7. The number of carbonyl (C=O) groups excluding carboxylic acids is 1. The van der Waals surface area contributed by atoms with Gasteiger partial charge >= 0.3 is 0 Å². The van der Waals surface area contributed by atoms with Gasteiger partial charge in [0.15, 0.2) is 11.5 Å². The molecule has 38 heavy (non-hydrogen) atoms. The second-order valence-corrected chi connectivity index (χ2v) is 10.2. The van der Waals surface area contributed by atoms with Crippen LogP contribution < -0.4 is 16.6 Å². The van der Waals surface area contributed by atoms with Gasteiger partial charge in [0.05, 0.1) is 11.4 Å². The average Bonchev–Trinajstić information content (AvgIpc) is 3.23. The number of para-hydroxylation sites is 1. The zero-order valence-electron chi connectivity index (χ0n) is 21.7. The Balaban J connectivity index is 1.66. The summed E-state index contributed by atoms with van der Waals surface area (Å²) in [6.45, 7) is 7.92. The quantitative estimate of drug-likeness (QED) is 0.350. The molecule has 0 aliphatic heterocycles. The van der Waals surface area contributed by atoms with Gasteiger partial charge in [0.1, 0.15) is 5.56 Å². The van der Waals surface area contributed by atoms with Gasteiger partial charge in [0, 0.05) is 34.8 Å². The first-order valence-electron chi connectivity index (χ1n) is 12.3. The number of nitrogens with two attached hydrogens (primary N) is 1. The first-order chi connectivity index (χ1) is 18.1. The third-order valence-corrected chi connectivity index (χ3v) is 6.10. The van der Waals surface area contributed by atoms with Crippen LogP contribution in [-0.4, -0.2) is 25.1 Å². The maximum Gasteiger partial charge on any atom is 0.264 e. The molecule has 2 aromatic carbocycles. The highest BCUT2D eigenvalue weighted by Crippen LogP contribution is 2.25. The Morgan fingerprint density at radius 1 is 1.08 bits per heavy atom. The number of rotatable bonds is 4. The van der Waals surface area contributed by atoms with E-state index in [0.29, 0.717) is 28.0 Å². The molecule has 0 spiro atoms. The van der Waals surface area contributed by atoms with Gasteiger partial charge in [0.25, 0.3) is 11.5 Å². The Bertz CT molecular complexity index is 1800. The number of nitrogens with zero attached hydrogens (tertiary/aromatic N) is 4. The van der Waals surface area contributed by atoms with Crippen LogP contribution in [0.5, 0.6) is 0 Å². The van der Waals surface area contributed by atoms with Gasteiger partial charge in [-0.2, -0.15) is 0 Å². The van der Waals surface area contributed by atoms with Crippen LogP contribution in [-0.2, 0) is 0 Å². The van der Waals surface area contributed by atoms with E-state index in [2.05, 4.69) is 27.2 Å². The Morgan fingerprint density at radius 2 is 1.84 bits per heavy atom. The molecule has 0 aliphatic rings. The molecular weight excluding hydrogens is 476 g/mol. The number of pyridine rings is 1. The number of amides is 1. The topological polar surface area (TPSA) is 107 Å². The lowest BCUT2D eigenvalue weighted by Gasteiger charge is -2.21. The summed E-state index contributed by atoms with van der Waals surface area (Å²) in [7, 11) is 0. The van der Waals surface area contributed by atoms with E-state index in [1.165, 1.54) is 4.52 Å². The van der Waals surface area contributed by atoms with E-state index >= 15 is 0 Å². The summed E-state index contributed by atoms with van der Waals surface area (Å²) in [6, 6.07) is 18.1. The molecule has 0 bridgehead atoms. The maximum atomic E-state index is 14.1. The molecule has 3 heterocycles. The number of carbonyl (C=O) groups is 1. The Kier molecular flexibility index (Phi) is 6.21. The highest BCUT2D eigenvalue weighted by atomic mass is 16.2. The molecule has 5 aromatic rings. The van der Waals surface area contributed by atoms with E-state index < -0.39 is 11.9 Å². The Hall–Kier alpha value is -4.90. The maximum absolute atomic E-state index is 14.1. The van der Waals surface area contributed by atoms with Crippen LogP contribution in [0.4, 0.5) is 5.82 Å². The predicted octanol–water partition coefficient (Wildman–Crippen LogP) is 4.50. The lowest BCUT2D eigenvalue weighted by molar-refractivity contribution is 0.0941. The van der Waals surface area contributed by atoms with E-state index in [1.807, 2.05) is 82.3 Å². The highest BCUT2D eigenvalue weighted by molar-refractivity contribution is 6.04. The SMILES string of the molecule is CC(NC(=O)c1c(N)nn2cccnc12)c1cc2cccc(C#CC(C)(C)C)c2c(=O)n1-c1ccccc1. The van der Waals surface area contributed by atoms with Gasteiger partial charge < -0.3 is 11.1 Å². The summed E-state index contributed by atoms with van der Waals surface area (Å²) in [5, 5.41) is 8.46. The second kappa shape index (κ2) is 9.52. The van der Waals surface area contributed by atoms with Crippen LogP contribution in [0.15, 0.2) is 77.9 Å². The van der Waals surface area contributed by atoms with Crippen molar-refractivity contribution in [1.29, 1.82) is 0 Å². The normalized spacial score (nSPS) is 12.2. The number of nitrogens with one attached hydrogen (secondary N) is 1. The van der Waals surface area contributed by atoms with Crippen molar-refractivity contribution in [2.45, 2.75) is 33.7 Å². The number of anilines is 1. The van der Waals surface area contributed by atoms with Crippen molar-refractivity contribution in [3.05, 3.63) is 100 Å². The van der Waals surface area contributed by atoms with Crippen molar-refractivity contribution in [2.24, 2.45) is 5.41 Å². The Labute approximate surface area is 220 Å². The minimum absolute atomic E-state index is 0.0782. The van der Waals surface area contributed by atoms with Crippen molar-refractivity contribution in [3.8, 4) is 17.5 Å². The largest absolute Gasteiger partial charge is 0.381 e. The molecule has 3 aromatic heterocycles. The van der Waals surface area contributed by atoms with Crippen LogP contribution in [0, 0.1) is 17.3 Å². The molecule has 1 amide bonds. The average molecular weight is 505 g/mol. The van der Waals surface area contributed by atoms with Crippen molar-refractivity contribution < 1.29 is 4.79 Å².